The second-order valence-corrected chi connectivity index (χ2v) is 7.19. The molecule has 0 aromatic carbocycles. The summed E-state index contributed by atoms with van der Waals surface area (Å²) in [5, 5.41) is -0.821. The first-order chi connectivity index (χ1) is 8.39. The highest BCUT2D eigenvalue weighted by Crippen LogP contribution is 2.28. The molecule has 2 heterocycles. The van der Waals surface area contributed by atoms with Gasteiger partial charge in [-0.15, -0.1) is 0 Å². The van der Waals surface area contributed by atoms with Gasteiger partial charge in [0.1, 0.15) is 5.25 Å². The molecule has 7 heteroatoms. The van der Waals surface area contributed by atoms with Gasteiger partial charge in [0, 0.05) is 29.8 Å². The summed E-state index contributed by atoms with van der Waals surface area (Å²) in [6.45, 7) is 1.95. The molecule has 1 aliphatic heterocycles. The number of hydrogen-bond acceptors (Lipinski definition) is 4. The highest BCUT2D eigenvalue weighted by Gasteiger charge is 2.39. The fraction of sp³-hybridized carbons (Fsp3) is 0.455. The van der Waals surface area contributed by atoms with Gasteiger partial charge >= 0.3 is 0 Å². The van der Waals surface area contributed by atoms with E-state index >= 15 is 0 Å². The van der Waals surface area contributed by atoms with Crippen LogP contribution in [0.5, 0.6) is 0 Å². The zero-order valence-corrected chi connectivity index (χ0v) is 11.4. The molecule has 1 aliphatic rings. The third-order valence-electron chi connectivity index (χ3n) is 3.10. The van der Waals surface area contributed by atoms with Crippen molar-refractivity contribution in [2.75, 3.05) is 6.54 Å². The molecule has 2 rings (SSSR count). The summed E-state index contributed by atoms with van der Waals surface area (Å²) in [7, 11) is 1.60. The number of hydrogen-bond donors (Lipinski definition) is 0. The highest BCUT2D eigenvalue weighted by molar-refractivity contribution is 8.14. The van der Waals surface area contributed by atoms with Gasteiger partial charge in [-0.1, -0.05) is 6.07 Å². The number of pyridine rings is 1. The Balaban J connectivity index is 2.18. The van der Waals surface area contributed by atoms with E-state index < -0.39 is 14.3 Å². The number of likely N-dealkylation sites (tertiary alicyclic amines) is 1. The zero-order chi connectivity index (χ0) is 13.3. The number of halogens is 1. The maximum atomic E-state index is 11.8. The normalized spacial score (nSPS) is 22.2. The topological polar surface area (TPSA) is 67.3 Å². The average Bonchev–Trinajstić information content (AvgIpc) is 2.71. The van der Waals surface area contributed by atoms with Gasteiger partial charge < -0.3 is 4.90 Å². The van der Waals surface area contributed by atoms with E-state index in [2.05, 4.69) is 4.98 Å². The molecule has 0 saturated carbocycles. The maximum absolute atomic E-state index is 11.8. The van der Waals surface area contributed by atoms with Crippen molar-refractivity contribution in [3.63, 3.8) is 0 Å². The van der Waals surface area contributed by atoms with Crippen molar-refractivity contribution in [2.24, 2.45) is 0 Å². The van der Waals surface area contributed by atoms with Gasteiger partial charge in [0.05, 0.1) is 11.7 Å². The number of carbonyl (C=O) groups is 1. The summed E-state index contributed by atoms with van der Waals surface area (Å²) in [6, 6.07) is 5.17. The van der Waals surface area contributed by atoms with E-state index in [4.69, 9.17) is 10.7 Å². The molecule has 0 aliphatic carbocycles. The number of carbonyl (C=O) groups excluding carboxylic acids is 1. The first-order valence-corrected chi connectivity index (χ1v) is 7.90. The maximum Gasteiger partial charge on any atom is 0.237 e. The fourth-order valence-corrected chi connectivity index (χ4v) is 3.08. The van der Waals surface area contributed by atoms with Gasteiger partial charge in [-0.05, 0) is 19.1 Å². The van der Waals surface area contributed by atoms with E-state index in [0.29, 0.717) is 0 Å². The lowest BCUT2D eigenvalue weighted by molar-refractivity contribution is -0.129. The van der Waals surface area contributed by atoms with Crippen LogP contribution in [-0.2, 0) is 13.8 Å². The molecule has 0 radical (unpaired) electrons. The van der Waals surface area contributed by atoms with Crippen LogP contribution in [0.3, 0.4) is 0 Å². The van der Waals surface area contributed by atoms with E-state index in [-0.39, 0.29) is 24.9 Å². The Morgan fingerprint density at radius 1 is 1.50 bits per heavy atom. The van der Waals surface area contributed by atoms with Crippen molar-refractivity contribution in [3.05, 3.63) is 30.1 Å². The molecule has 1 aromatic rings. The third-order valence-corrected chi connectivity index (χ3v) is 4.97. The molecular formula is C11H13ClN2O3S. The largest absolute Gasteiger partial charge is 0.333 e. The van der Waals surface area contributed by atoms with Crippen LogP contribution >= 0.6 is 10.7 Å². The van der Waals surface area contributed by atoms with Crippen LogP contribution in [0, 0.1) is 0 Å². The standard InChI is InChI=1S/C11H13ClN2O3S/c1-8(10-4-2-3-5-13-10)14-7-9(6-11(14)15)18(12,16)17/h2-5,8-9H,6-7H2,1H3/t8-,9?/m0/s1. The molecule has 1 saturated heterocycles. The van der Waals surface area contributed by atoms with Crippen LogP contribution in [0.25, 0.3) is 0 Å². The Bertz CT molecular complexity index is 547. The molecule has 98 valence electrons. The lowest BCUT2D eigenvalue weighted by Gasteiger charge is -2.23. The van der Waals surface area contributed by atoms with Crippen molar-refractivity contribution < 1.29 is 13.2 Å². The SMILES string of the molecule is C[C@@H](c1ccccn1)N1CC(S(=O)(=O)Cl)CC1=O. The molecule has 18 heavy (non-hydrogen) atoms. The summed E-state index contributed by atoms with van der Waals surface area (Å²) >= 11 is 0. The Kier molecular flexibility index (Phi) is 3.59. The summed E-state index contributed by atoms with van der Waals surface area (Å²) in [5.41, 5.74) is 0.735. The predicted octanol–water partition coefficient (Wildman–Crippen LogP) is 1.31. The van der Waals surface area contributed by atoms with Gasteiger partial charge in [0.2, 0.25) is 15.0 Å². The van der Waals surface area contributed by atoms with Crippen LogP contribution in [0.2, 0.25) is 0 Å². The first-order valence-electron chi connectivity index (χ1n) is 5.53. The van der Waals surface area contributed by atoms with Crippen molar-refractivity contribution >= 4 is 25.6 Å². The number of nitrogens with zero attached hydrogens (tertiary/aromatic N) is 2. The van der Waals surface area contributed by atoms with Crippen LogP contribution in [0.4, 0.5) is 0 Å². The summed E-state index contributed by atoms with van der Waals surface area (Å²) in [5.74, 6) is -0.206. The Hall–Kier alpha value is -1.14. The smallest absolute Gasteiger partial charge is 0.237 e. The molecule has 0 bridgehead atoms. The van der Waals surface area contributed by atoms with E-state index in [1.807, 2.05) is 13.0 Å². The number of aromatic nitrogens is 1. The first kappa shape index (κ1) is 13.3. The molecule has 5 nitrogen and oxygen atoms in total. The molecule has 0 N–H and O–H groups in total. The van der Waals surface area contributed by atoms with Gasteiger partial charge in [0.25, 0.3) is 0 Å². The average molecular weight is 289 g/mol. The van der Waals surface area contributed by atoms with Gasteiger partial charge in [0.15, 0.2) is 0 Å². The monoisotopic (exact) mass is 288 g/mol. The number of amides is 1. The summed E-state index contributed by atoms with van der Waals surface area (Å²) < 4.78 is 22.5. The van der Waals surface area contributed by atoms with Crippen LogP contribution < -0.4 is 0 Å². The molecular weight excluding hydrogens is 276 g/mol. The molecule has 1 unspecified atom stereocenters. The summed E-state index contributed by atoms with van der Waals surface area (Å²) in [6.07, 6.45) is 1.59. The van der Waals surface area contributed by atoms with Gasteiger partial charge in [-0.25, -0.2) is 8.42 Å². The fourth-order valence-electron chi connectivity index (χ4n) is 2.04. The Labute approximate surface area is 110 Å². The van der Waals surface area contributed by atoms with E-state index in [1.54, 1.807) is 18.3 Å². The minimum Gasteiger partial charge on any atom is -0.333 e. The Morgan fingerprint density at radius 3 is 2.72 bits per heavy atom. The zero-order valence-electron chi connectivity index (χ0n) is 9.78. The molecule has 0 spiro atoms. The number of rotatable bonds is 3. The predicted molar refractivity (Wildman–Crippen MR) is 67.5 cm³/mol. The lowest BCUT2D eigenvalue weighted by atomic mass is 10.2. The Morgan fingerprint density at radius 2 is 2.22 bits per heavy atom. The molecule has 1 fully saturated rings. The quantitative estimate of drug-likeness (QED) is 0.787. The van der Waals surface area contributed by atoms with E-state index in [1.165, 1.54) is 4.90 Å². The minimum atomic E-state index is -3.69. The van der Waals surface area contributed by atoms with Crippen molar-refractivity contribution in [2.45, 2.75) is 24.6 Å². The molecule has 1 aromatic heterocycles. The van der Waals surface area contributed by atoms with Gasteiger partial charge in [-0.3, -0.25) is 9.78 Å². The minimum absolute atomic E-state index is 0.0526. The lowest BCUT2D eigenvalue weighted by Crippen LogP contribution is -2.30. The van der Waals surface area contributed by atoms with Crippen LogP contribution in [0.1, 0.15) is 25.1 Å². The molecule has 1 amide bonds. The van der Waals surface area contributed by atoms with E-state index in [9.17, 15) is 13.2 Å². The van der Waals surface area contributed by atoms with Crippen LogP contribution in [-0.4, -0.2) is 36.0 Å². The van der Waals surface area contributed by atoms with Gasteiger partial charge in [-0.2, -0.15) is 0 Å². The van der Waals surface area contributed by atoms with E-state index in [0.717, 1.165) is 5.69 Å². The summed E-state index contributed by atoms with van der Waals surface area (Å²) in [4.78, 5) is 17.5. The third kappa shape index (κ3) is 2.64. The van der Waals surface area contributed by atoms with Crippen LogP contribution in [0.15, 0.2) is 24.4 Å². The molecule has 2 atom stereocenters. The van der Waals surface area contributed by atoms with Crippen molar-refractivity contribution in [1.29, 1.82) is 0 Å². The highest BCUT2D eigenvalue weighted by atomic mass is 35.7. The second-order valence-electron chi connectivity index (χ2n) is 4.28. The second kappa shape index (κ2) is 4.85. The van der Waals surface area contributed by atoms with Crippen molar-refractivity contribution in [3.8, 4) is 0 Å². The van der Waals surface area contributed by atoms with Crippen molar-refractivity contribution in [1.82, 2.24) is 9.88 Å².